The minimum atomic E-state index is -0.555. The van der Waals surface area contributed by atoms with E-state index < -0.39 is 17.7 Å². The molecule has 0 saturated carbocycles. The molecule has 1 heterocycles. The van der Waals surface area contributed by atoms with Gasteiger partial charge < -0.3 is 9.64 Å². The van der Waals surface area contributed by atoms with Gasteiger partial charge in [0.15, 0.2) is 0 Å². The van der Waals surface area contributed by atoms with Gasteiger partial charge in [-0.15, -0.1) is 0 Å². The van der Waals surface area contributed by atoms with Gasteiger partial charge in [-0.1, -0.05) is 35.9 Å². The lowest BCUT2D eigenvalue weighted by Gasteiger charge is -2.35. The standard InChI is InChI=1S/C23H23ClFNO3/c1-14(2)29-23(28)22-15(3)26(13-16-6-4-8-18(24)10-16)21(27)12-20(22)17-7-5-9-19(25)11-17/h4-11,14,20H,12-13H2,1-3H3/t20-/m1/s1. The highest BCUT2D eigenvalue weighted by atomic mass is 35.5. The normalized spacial score (nSPS) is 17.1. The third kappa shape index (κ3) is 4.85. The van der Waals surface area contributed by atoms with Crippen molar-refractivity contribution >= 4 is 23.5 Å². The molecule has 6 heteroatoms. The number of carbonyl (C=O) groups excluding carboxylic acids is 2. The minimum Gasteiger partial charge on any atom is -0.460 e. The summed E-state index contributed by atoms with van der Waals surface area (Å²) in [5, 5.41) is 0.575. The first-order valence-electron chi connectivity index (χ1n) is 9.48. The number of carbonyl (C=O) groups is 2. The molecule has 0 spiro atoms. The van der Waals surface area contributed by atoms with Crippen molar-refractivity contribution in [1.29, 1.82) is 0 Å². The Morgan fingerprint density at radius 3 is 2.62 bits per heavy atom. The Kier molecular flexibility index (Phi) is 6.38. The second-order valence-corrected chi connectivity index (χ2v) is 7.81. The molecule has 29 heavy (non-hydrogen) atoms. The largest absolute Gasteiger partial charge is 0.460 e. The molecular formula is C23H23ClFNO3. The van der Waals surface area contributed by atoms with Crippen LogP contribution in [-0.4, -0.2) is 22.9 Å². The molecule has 1 aliphatic rings. The lowest BCUT2D eigenvalue weighted by atomic mass is 9.83. The van der Waals surface area contributed by atoms with Crippen LogP contribution >= 0.6 is 11.6 Å². The van der Waals surface area contributed by atoms with E-state index in [4.69, 9.17) is 16.3 Å². The van der Waals surface area contributed by atoms with E-state index in [9.17, 15) is 14.0 Å². The quantitative estimate of drug-likeness (QED) is 0.629. The number of amides is 1. The summed E-state index contributed by atoms with van der Waals surface area (Å²) in [7, 11) is 0. The van der Waals surface area contributed by atoms with E-state index in [2.05, 4.69) is 0 Å². The lowest BCUT2D eigenvalue weighted by molar-refractivity contribution is -0.143. The summed E-state index contributed by atoms with van der Waals surface area (Å²) in [5.74, 6) is -1.60. The summed E-state index contributed by atoms with van der Waals surface area (Å²) in [6.07, 6.45) is -0.251. The molecule has 4 nitrogen and oxygen atoms in total. The molecule has 0 aromatic heterocycles. The van der Waals surface area contributed by atoms with Gasteiger partial charge in [-0.3, -0.25) is 4.79 Å². The van der Waals surface area contributed by atoms with E-state index in [1.807, 2.05) is 12.1 Å². The maximum atomic E-state index is 13.8. The first-order chi connectivity index (χ1) is 13.8. The van der Waals surface area contributed by atoms with Gasteiger partial charge >= 0.3 is 5.97 Å². The summed E-state index contributed by atoms with van der Waals surface area (Å²) < 4.78 is 19.3. The Labute approximate surface area is 174 Å². The maximum Gasteiger partial charge on any atom is 0.336 e. The fraction of sp³-hybridized carbons (Fsp3) is 0.304. The van der Waals surface area contributed by atoms with E-state index in [1.54, 1.807) is 49.9 Å². The zero-order valence-electron chi connectivity index (χ0n) is 16.6. The van der Waals surface area contributed by atoms with Crippen molar-refractivity contribution in [1.82, 2.24) is 4.90 Å². The Morgan fingerprint density at radius 1 is 1.24 bits per heavy atom. The first-order valence-corrected chi connectivity index (χ1v) is 9.86. The Balaban J connectivity index is 2.04. The number of benzene rings is 2. The van der Waals surface area contributed by atoms with Gasteiger partial charge in [0.25, 0.3) is 0 Å². The van der Waals surface area contributed by atoms with E-state index in [0.717, 1.165) is 5.56 Å². The monoisotopic (exact) mass is 415 g/mol. The van der Waals surface area contributed by atoms with Crippen LogP contribution in [0.4, 0.5) is 4.39 Å². The summed E-state index contributed by atoms with van der Waals surface area (Å²) >= 11 is 6.06. The summed E-state index contributed by atoms with van der Waals surface area (Å²) in [6, 6.07) is 13.2. The van der Waals surface area contributed by atoms with Crippen LogP contribution in [0.1, 0.15) is 44.2 Å². The van der Waals surface area contributed by atoms with Gasteiger partial charge in [0.1, 0.15) is 5.82 Å². The molecule has 1 aliphatic heterocycles. The predicted molar refractivity (Wildman–Crippen MR) is 110 cm³/mol. The van der Waals surface area contributed by atoms with Crippen molar-refractivity contribution in [2.75, 3.05) is 0 Å². The number of allylic oxidation sites excluding steroid dienone is 1. The number of esters is 1. The molecule has 1 amide bonds. The Morgan fingerprint density at radius 2 is 1.97 bits per heavy atom. The van der Waals surface area contributed by atoms with Crippen LogP contribution in [0, 0.1) is 5.82 Å². The van der Waals surface area contributed by atoms with Crippen LogP contribution in [0.5, 0.6) is 0 Å². The van der Waals surface area contributed by atoms with Crippen LogP contribution in [-0.2, 0) is 20.9 Å². The molecule has 0 bridgehead atoms. The van der Waals surface area contributed by atoms with Crippen LogP contribution in [0.2, 0.25) is 5.02 Å². The van der Waals surface area contributed by atoms with E-state index in [1.165, 1.54) is 12.1 Å². The van der Waals surface area contributed by atoms with Gasteiger partial charge in [-0.25, -0.2) is 9.18 Å². The Bertz CT molecular complexity index is 970. The summed E-state index contributed by atoms with van der Waals surface area (Å²) in [6.45, 7) is 5.55. The van der Waals surface area contributed by atoms with Gasteiger partial charge in [0, 0.05) is 23.1 Å². The number of ether oxygens (including phenoxy) is 1. The van der Waals surface area contributed by atoms with Crippen molar-refractivity contribution in [3.63, 3.8) is 0 Å². The third-order valence-corrected chi connectivity index (χ3v) is 5.10. The fourth-order valence-corrected chi connectivity index (χ4v) is 3.78. The SMILES string of the molecule is CC1=C(C(=O)OC(C)C)[C@@H](c2cccc(F)c2)CC(=O)N1Cc1cccc(Cl)c1. The molecule has 0 fully saturated rings. The fourth-order valence-electron chi connectivity index (χ4n) is 3.57. The second-order valence-electron chi connectivity index (χ2n) is 7.37. The smallest absolute Gasteiger partial charge is 0.336 e. The van der Waals surface area contributed by atoms with Crippen LogP contribution < -0.4 is 0 Å². The van der Waals surface area contributed by atoms with E-state index in [-0.39, 0.29) is 18.4 Å². The number of hydrogen-bond donors (Lipinski definition) is 0. The van der Waals surface area contributed by atoms with Crippen LogP contribution in [0.15, 0.2) is 59.8 Å². The van der Waals surface area contributed by atoms with Crippen molar-refractivity contribution in [3.05, 3.63) is 81.8 Å². The minimum absolute atomic E-state index is 0.0594. The van der Waals surface area contributed by atoms with Gasteiger partial charge in [0.2, 0.25) is 5.91 Å². The van der Waals surface area contributed by atoms with Crippen LogP contribution in [0.3, 0.4) is 0 Å². The molecule has 0 saturated heterocycles. The van der Waals surface area contributed by atoms with E-state index in [0.29, 0.717) is 28.4 Å². The maximum absolute atomic E-state index is 13.8. The number of hydrogen-bond acceptors (Lipinski definition) is 3. The molecule has 2 aromatic carbocycles. The lowest BCUT2D eigenvalue weighted by Crippen LogP contribution is -2.38. The molecule has 0 radical (unpaired) electrons. The van der Waals surface area contributed by atoms with E-state index >= 15 is 0 Å². The molecule has 1 atom stereocenters. The second kappa shape index (κ2) is 8.78. The summed E-state index contributed by atoms with van der Waals surface area (Å²) in [4.78, 5) is 27.4. The van der Waals surface area contributed by atoms with Gasteiger partial charge in [-0.2, -0.15) is 0 Å². The van der Waals surface area contributed by atoms with Crippen molar-refractivity contribution in [3.8, 4) is 0 Å². The number of rotatable bonds is 5. The molecular weight excluding hydrogens is 393 g/mol. The van der Waals surface area contributed by atoms with Crippen molar-refractivity contribution in [2.24, 2.45) is 0 Å². The van der Waals surface area contributed by atoms with Gasteiger partial charge in [0.05, 0.1) is 18.2 Å². The number of halogens is 2. The summed E-state index contributed by atoms with van der Waals surface area (Å²) in [5.41, 5.74) is 2.33. The van der Waals surface area contributed by atoms with Crippen molar-refractivity contribution < 1.29 is 18.7 Å². The zero-order valence-corrected chi connectivity index (χ0v) is 17.4. The molecule has 152 valence electrons. The molecule has 0 aliphatic carbocycles. The highest BCUT2D eigenvalue weighted by Crippen LogP contribution is 2.38. The zero-order chi connectivity index (χ0) is 21.1. The van der Waals surface area contributed by atoms with Gasteiger partial charge in [-0.05, 0) is 56.2 Å². The average molecular weight is 416 g/mol. The number of nitrogens with zero attached hydrogens (tertiary/aromatic N) is 1. The predicted octanol–water partition coefficient (Wildman–Crippen LogP) is 5.22. The van der Waals surface area contributed by atoms with Crippen molar-refractivity contribution in [2.45, 2.75) is 45.8 Å². The molecule has 0 N–H and O–H groups in total. The Hall–Kier alpha value is -2.66. The topological polar surface area (TPSA) is 46.6 Å². The van der Waals surface area contributed by atoms with Crippen LogP contribution in [0.25, 0.3) is 0 Å². The molecule has 0 unspecified atom stereocenters. The highest BCUT2D eigenvalue weighted by molar-refractivity contribution is 6.30. The first kappa shape index (κ1) is 21.1. The highest BCUT2D eigenvalue weighted by Gasteiger charge is 2.37. The third-order valence-electron chi connectivity index (χ3n) is 4.87. The molecule has 2 aromatic rings. The average Bonchev–Trinajstić information content (AvgIpc) is 2.64. The molecule has 3 rings (SSSR count).